The molecule has 2 N–H and O–H groups in total. The van der Waals surface area contributed by atoms with Crippen molar-refractivity contribution in [2.45, 2.75) is 12.8 Å². The lowest BCUT2D eigenvalue weighted by Crippen LogP contribution is -2.11. The Morgan fingerprint density at radius 3 is 1.76 bits per heavy atom. The summed E-state index contributed by atoms with van der Waals surface area (Å²) in [5.74, 6) is 0. The molecule has 0 aliphatic carbocycles. The van der Waals surface area contributed by atoms with Gasteiger partial charge in [-0.15, -0.1) is 0 Å². The summed E-state index contributed by atoms with van der Waals surface area (Å²) in [4.78, 5) is 34.3. The van der Waals surface area contributed by atoms with Gasteiger partial charge in [0.05, 0.1) is 16.6 Å². The number of H-pyrrole nitrogens is 2. The van der Waals surface area contributed by atoms with Crippen LogP contribution in [0.3, 0.4) is 0 Å². The molecule has 0 bridgehead atoms. The summed E-state index contributed by atoms with van der Waals surface area (Å²) in [5.41, 5.74) is 7.33. The van der Waals surface area contributed by atoms with Crippen molar-refractivity contribution >= 4 is 43.6 Å². The molecule has 0 radical (unpaired) electrons. The predicted octanol–water partition coefficient (Wildman–Crippen LogP) is 6.86. The van der Waals surface area contributed by atoms with Crippen LogP contribution in [-0.4, -0.2) is 9.97 Å². The minimum Gasteiger partial charge on any atom is -0.354 e. The summed E-state index contributed by atoms with van der Waals surface area (Å²) in [7, 11) is 0. The number of para-hydroxylation sites is 1. The molecule has 0 aliphatic heterocycles. The molecule has 5 aromatic carbocycles. The molecule has 38 heavy (non-hydrogen) atoms. The van der Waals surface area contributed by atoms with Crippen LogP contribution >= 0.6 is 0 Å². The van der Waals surface area contributed by atoms with Crippen LogP contribution in [0.25, 0.3) is 43.6 Å². The highest BCUT2D eigenvalue weighted by Gasteiger charge is 2.16. The molecule has 4 heteroatoms. The summed E-state index contributed by atoms with van der Waals surface area (Å²) >= 11 is 0. The smallest absolute Gasteiger partial charge is 0.197 e. The fourth-order valence-corrected chi connectivity index (χ4v) is 5.58. The molecule has 0 aliphatic rings. The van der Waals surface area contributed by atoms with E-state index in [1.165, 1.54) is 5.56 Å². The van der Waals surface area contributed by atoms with Crippen molar-refractivity contribution in [1.29, 1.82) is 0 Å². The van der Waals surface area contributed by atoms with Gasteiger partial charge in [-0.3, -0.25) is 9.59 Å². The highest BCUT2D eigenvalue weighted by Crippen LogP contribution is 2.27. The topological polar surface area (TPSA) is 65.7 Å². The van der Waals surface area contributed by atoms with E-state index in [0.717, 1.165) is 34.1 Å². The molecule has 7 aromatic rings. The van der Waals surface area contributed by atoms with Crippen molar-refractivity contribution in [2.75, 3.05) is 0 Å². The molecule has 0 fully saturated rings. The third kappa shape index (κ3) is 3.70. The Morgan fingerprint density at radius 2 is 1.05 bits per heavy atom. The first-order chi connectivity index (χ1) is 18.7. The van der Waals surface area contributed by atoms with E-state index in [0.29, 0.717) is 39.0 Å². The summed E-state index contributed by atoms with van der Waals surface area (Å²) in [5, 5.41) is 2.48. The van der Waals surface area contributed by atoms with Gasteiger partial charge in [0.25, 0.3) is 0 Å². The zero-order chi connectivity index (χ0) is 25.6. The van der Waals surface area contributed by atoms with Gasteiger partial charge in [-0.05, 0) is 65.4 Å². The Hall–Kier alpha value is -4.96. The van der Waals surface area contributed by atoms with Gasteiger partial charge in [0, 0.05) is 27.1 Å². The molecule has 0 saturated heterocycles. The van der Waals surface area contributed by atoms with Gasteiger partial charge in [-0.2, -0.15) is 0 Å². The van der Waals surface area contributed by atoms with E-state index in [-0.39, 0.29) is 10.9 Å². The number of hydrogen-bond acceptors (Lipinski definition) is 2. The Balaban J connectivity index is 1.52. The summed E-state index contributed by atoms with van der Waals surface area (Å²) in [6, 6.07) is 35.8. The zero-order valence-corrected chi connectivity index (χ0v) is 20.6. The van der Waals surface area contributed by atoms with Gasteiger partial charge in [-0.25, -0.2) is 0 Å². The first kappa shape index (κ1) is 22.3. The molecule has 0 amide bonds. The van der Waals surface area contributed by atoms with Crippen LogP contribution in [0.5, 0.6) is 0 Å². The SMILES string of the molecule is O=c1c2ccccc2[nH]c2cc3c(=O)c4c(Cc5ccccc5)c(Cc5ccccc5)ccc4[nH]c3cc12. The van der Waals surface area contributed by atoms with Crippen LogP contribution < -0.4 is 10.9 Å². The summed E-state index contributed by atoms with van der Waals surface area (Å²) < 4.78 is 0. The number of hydrogen-bond donors (Lipinski definition) is 2. The lowest BCUT2D eigenvalue weighted by Gasteiger charge is -2.15. The Morgan fingerprint density at radius 1 is 0.474 bits per heavy atom. The predicted molar refractivity (Wildman–Crippen MR) is 156 cm³/mol. The molecular formula is C34H24N2O2. The first-order valence-electron chi connectivity index (χ1n) is 12.8. The number of nitrogens with one attached hydrogen (secondary N) is 2. The molecular weight excluding hydrogens is 468 g/mol. The lowest BCUT2D eigenvalue weighted by atomic mass is 9.91. The van der Waals surface area contributed by atoms with Crippen molar-refractivity contribution < 1.29 is 0 Å². The van der Waals surface area contributed by atoms with Gasteiger partial charge in [0.2, 0.25) is 0 Å². The lowest BCUT2D eigenvalue weighted by molar-refractivity contribution is 1.10. The van der Waals surface area contributed by atoms with Gasteiger partial charge in [0.1, 0.15) is 0 Å². The third-order valence-electron chi connectivity index (χ3n) is 7.46. The number of fused-ring (bicyclic) bond motifs is 4. The van der Waals surface area contributed by atoms with E-state index < -0.39 is 0 Å². The molecule has 2 aromatic heterocycles. The molecule has 0 unspecified atom stereocenters. The monoisotopic (exact) mass is 492 g/mol. The second-order valence-electron chi connectivity index (χ2n) is 9.85. The van der Waals surface area contributed by atoms with Crippen LogP contribution in [0.1, 0.15) is 22.3 Å². The maximum Gasteiger partial charge on any atom is 0.197 e. The fourth-order valence-electron chi connectivity index (χ4n) is 5.58. The molecule has 0 saturated carbocycles. The highest BCUT2D eigenvalue weighted by molar-refractivity contribution is 6.03. The van der Waals surface area contributed by atoms with Gasteiger partial charge in [-0.1, -0.05) is 78.9 Å². The summed E-state index contributed by atoms with van der Waals surface area (Å²) in [6.45, 7) is 0. The largest absolute Gasteiger partial charge is 0.354 e. The quantitative estimate of drug-likeness (QED) is 0.264. The zero-order valence-electron chi connectivity index (χ0n) is 20.6. The second-order valence-corrected chi connectivity index (χ2v) is 9.85. The van der Waals surface area contributed by atoms with Crippen molar-refractivity contribution in [2.24, 2.45) is 0 Å². The number of aromatic amines is 2. The van der Waals surface area contributed by atoms with E-state index >= 15 is 0 Å². The van der Waals surface area contributed by atoms with E-state index in [1.54, 1.807) is 0 Å². The molecule has 0 atom stereocenters. The van der Waals surface area contributed by atoms with E-state index in [4.69, 9.17) is 0 Å². The highest BCUT2D eigenvalue weighted by atomic mass is 16.1. The average Bonchev–Trinajstić information content (AvgIpc) is 2.95. The van der Waals surface area contributed by atoms with E-state index in [9.17, 15) is 9.59 Å². The number of aromatic nitrogens is 2. The maximum atomic E-state index is 14.2. The van der Waals surface area contributed by atoms with E-state index in [1.807, 2.05) is 78.9 Å². The molecule has 0 spiro atoms. The standard InChI is InChI=1S/C34H24N2O2/c37-33-24-13-7-8-14-28(24)35-30-20-27-31(19-26(30)33)36-29-16-15-23(17-21-9-3-1-4-10-21)25(32(29)34(27)38)18-22-11-5-2-6-12-22/h1-16,19-20H,17-18H2,(H,35,37)(H,36,38). The van der Waals surface area contributed by atoms with Gasteiger partial charge < -0.3 is 9.97 Å². The fraction of sp³-hybridized carbons (Fsp3) is 0.0588. The number of pyridine rings is 2. The van der Waals surface area contributed by atoms with Crippen molar-refractivity contribution in [3.8, 4) is 0 Å². The third-order valence-corrected chi connectivity index (χ3v) is 7.46. The van der Waals surface area contributed by atoms with Crippen LogP contribution in [0, 0.1) is 0 Å². The minimum absolute atomic E-state index is 0.0227. The molecule has 182 valence electrons. The average molecular weight is 493 g/mol. The second kappa shape index (κ2) is 8.86. The number of rotatable bonds is 4. The van der Waals surface area contributed by atoms with Crippen molar-refractivity contribution in [1.82, 2.24) is 9.97 Å². The Kier molecular flexibility index (Phi) is 5.19. The van der Waals surface area contributed by atoms with Crippen LogP contribution in [0.2, 0.25) is 0 Å². The first-order valence-corrected chi connectivity index (χ1v) is 12.8. The molecule has 2 heterocycles. The van der Waals surface area contributed by atoms with Crippen LogP contribution in [0.15, 0.2) is 119 Å². The normalized spacial score (nSPS) is 11.6. The van der Waals surface area contributed by atoms with Crippen LogP contribution in [0.4, 0.5) is 0 Å². The maximum absolute atomic E-state index is 14.2. The summed E-state index contributed by atoms with van der Waals surface area (Å²) in [6.07, 6.45) is 1.40. The Bertz CT molecular complexity index is 2110. The number of benzene rings is 5. The van der Waals surface area contributed by atoms with Gasteiger partial charge >= 0.3 is 0 Å². The van der Waals surface area contributed by atoms with E-state index in [2.05, 4.69) is 40.3 Å². The Labute approximate surface area is 218 Å². The van der Waals surface area contributed by atoms with Crippen molar-refractivity contribution in [3.63, 3.8) is 0 Å². The van der Waals surface area contributed by atoms with Gasteiger partial charge in [0.15, 0.2) is 10.9 Å². The molecule has 7 rings (SSSR count). The van der Waals surface area contributed by atoms with Crippen LogP contribution in [-0.2, 0) is 12.8 Å². The van der Waals surface area contributed by atoms with Crippen molar-refractivity contribution in [3.05, 3.63) is 152 Å². The minimum atomic E-state index is -0.0415. The molecule has 4 nitrogen and oxygen atoms in total.